The molecule has 0 saturated carbocycles. The monoisotopic (exact) mass is 325 g/mol. The lowest BCUT2D eigenvalue weighted by molar-refractivity contribution is -0.122. The SMILES string of the molecule is NC(=O)[C@@H]1CN(C(=O)c2ccccc2)C[C@H]1COc1ccncc1. The molecule has 2 N–H and O–H groups in total. The number of aromatic nitrogens is 1. The first-order valence-electron chi connectivity index (χ1n) is 7.81. The minimum atomic E-state index is -0.403. The quantitative estimate of drug-likeness (QED) is 0.899. The number of hydrogen-bond acceptors (Lipinski definition) is 4. The summed E-state index contributed by atoms with van der Waals surface area (Å²) in [7, 11) is 0. The van der Waals surface area contributed by atoms with E-state index in [-0.39, 0.29) is 11.8 Å². The Morgan fingerprint density at radius 3 is 2.50 bits per heavy atom. The lowest BCUT2D eigenvalue weighted by Crippen LogP contribution is -2.32. The predicted octanol–water partition coefficient (Wildman–Crippen LogP) is 1.33. The van der Waals surface area contributed by atoms with Crippen LogP contribution in [0.25, 0.3) is 0 Å². The van der Waals surface area contributed by atoms with Crippen LogP contribution < -0.4 is 10.5 Å². The van der Waals surface area contributed by atoms with Crippen LogP contribution in [0.1, 0.15) is 10.4 Å². The largest absolute Gasteiger partial charge is 0.493 e. The number of rotatable bonds is 5. The zero-order chi connectivity index (χ0) is 16.9. The van der Waals surface area contributed by atoms with E-state index < -0.39 is 11.8 Å². The minimum absolute atomic E-state index is 0.0896. The molecule has 2 aromatic rings. The van der Waals surface area contributed by atoms with Gasteiger partial charge in [-0.3, -0.25) is 14.6 Å². The molecule has 1 saturated heterocycles. The smallest absolute Gasteiger partial charge is 0.253 e. The summed E-state index contributed by atoms with van der Waals surface area (Å²) in [6, 6.07) is 12.5. The average molecular weight is 325 g/mol. The molecule has 2 amide bonds. The number of nitrogens with zero attached hydrogens (tertiary/aromatic N) is 2. The molecule has 2 heterocycles. The summed E-state index contributed by atoms with van der Waals surface area (Å²) in [5, 5.41) is 0. The van der Waals surface area contributed by atoms with Gasteiger partial charge in [0.2, 0.25) is 5.91 Å². The number of amides is 2. The second-order valence-electron chi connectivity index (χ2n) is 5.84. The van der Waals surface area contributed by atoms with Crippen LogP contribution in [0.2, 0.25) is 0 Å². The second-order valence-corrected chi connectivity index (χ2v) is 5.84. The van der Waals surface area contributed by atoms with Crippen molar-refractivity contribution in [3.8, 4) is 5.75 Å². The highest BCUT2D eigenvalue weighted by molar-refractivity contribution is 5.95. The van der Waals surface area contributed by atoms with Crippen LogP contribution in [-0.4, -0.2) is 41.4 Å². The van der Waals surface area contributed by atoms with Crippen LogP contribution in [0.4, 0.5) is 0 Å². The van der Waals surface area contributed by atoms with Crippen molar-refractivity contribution < 1.29 is 14.3 Å². The average Bonchev–Trinajstić information content (AvgIpc) is 3.05. The number of primary amides is 1. The fourth-order valence-electron chi connectivity index (χ4n) is 2.93. The molecule has 1 aliphatic heterocycles. The molecule has 0 aliphatic carbocycles. The van der Waals surface area contributed by atoms with Crippen LogP contribution in [0, 0.1) is 11.8 Å². The van der Waals surface area contributed by atoms with Crippen LogP contribution >= 0.6 is 0 Å². The van der Waals surface area contributed by atoms with Gasteiger partial charge in [0.25, 0.3) is 5.91 Å². The number of pyridine rings is 1. The number of carbonyl (C=O) groups excluding carboxylic acids is 2. The summed E-state index contributed by atoms with van der Waals surface area (Å²) in [5.74, 6) is -0.334. The highest BCUT2D eigenvalue weighted by Gasteiger charge is 2.39. The maximum Gasteiger partial charge on any atom is 0.253 e. The first-order chi connectivity index (χ1) is 11.6. The van der Waals surface area contributed by atoms with Gasteiger partial charge in [-0.15, -0.1) is 0 Å². The Hall–Kier alpha value is -2.89. The molecule has 124 valence electrons. The Labute approximate surface area is 140 Å². The Morgan fingerprint density at radius 2 is 1.83 bits per heavy atom. The third kappa shape index (κ3) is 3.53. The number of ether oxygens (including phenoxy) is 1. The lowest BCUT2D eigenvalue weighted by atomic mass is 9.96. The third-order valence-electron chi connectivity index (χ3n) is 4.23. The molecule has 3 rings (SSSR count). The molecule has 2 atom stereocenters. The first kappa shape index (κ1) is 16.0. The Kier molecular flexibility index (Phi) is 4.74. The van der Waals surface area contributed by atoms with E-state index in [1.807, 2.05) is 18.2 Å². The van der Waals surface area contributed by atoms with Crippen molar-refractivity contribution >= 4 is 11.8 Å². The van der Waals surface area contributed by atoms with E-state index in [1.54, 1.807) is 41.6 Å². The molecule has 0 spiro atoms. The number of hydrogen-bond donors (Lipinski definition) is 1. The van der Waals surface area contributed by atoms with E-state index >= 15 is 0 Å². The summed E-state index contributed by atoms with van der Waals surface area (Å²) in [6.45, 7) is 1.11. The molecule has 0 bridgehead atoms. The van der Waals surface area contributed by atoms with Gasteiger partial charge in [0.15, 0.2) is 0 Å². The minimum Gasteiger partial charge on any atom is -0.493 e. The Balaban J connectivity index is 1.68. The van der Waals surface area contributed by atoms with E-state index in [0.717, 1.165) is 0 Å². The van der Waals surface area contributed by atoms with Crippen LogP contribution in [-0.2, 0) is 4.79 Å². The summed E-state index contributed by atoms with van der Waals surface area (Å²) in [4.78, 5) is 29.9. The normalized spacial score (nSPS) is 19.9. The summed E-state index contributed by atoms with van der Waals surface area (Å²) in [6.07, 6.45) is 3.28. The van der Waals surface area contributed by atoms with Crippen molar-refractivity contribution in [2.45, 2.75) is 0 Å². The van der Waals surface area contributed by atoms with Gasteiger partial charge in [0.1, 0.15) is 5.75 Å². The summed E-state index contributed by atoms with van der Waals surface area (Å²) in [5.41, 5.74) is 6.12. The highest BCUT2D eigenvalue weighted by atomic mass is 16.5. The number of carbonyl (C=O) groups is 2. The zero-order valence-electron chi connectivity index (χ0n) is 13.2. The van der Waals surface area contributed by atoms with Crippen molar-refractivity contribution in [2.24, 2.45) is 17.6 Å². The standard InChI is InChI=1S/C18H19N3O3/c19-17(22)16-11-21(18(23)13-4-2-1-3-5-13)10-14(16)12-24-15-6-8-20-9-7-15/h1-9,14,16H,10-12H2,(H2,19,22)/t14-,16+/m0/s1. The predicted molar refractivity (Wildman–Crippen MR) is 88.3 cm³/mol. The molecular formula is C18H19N3O3. The Bertz CT molecular complexity index is 706. The van der Waals surface area contributed by atoms with Crippen molar-refractivity contribution in [3.63, 3.8) is 0 Å². The molecule has 1 aliphatic rings. The van der Waals surface area contributed by atoms with Crippen LogP contribution in [0.15, 0.2) is 54.9 Å². The lowest BCUT2D eigenvalue weighted by Gasteiger charge is -2.17. The first-order valence-corrected chi connectivity index (χ1v) is 7.81. The van der Waals surface area contributed by atoms with Crippen molar-refractivity contribution in [1.29, 1.82) is 0 Å². The number of nitrogens with two attached hydrogens (primary N) is 1. The van der Waals surface area contributed by atoms with E-state index in [4.69, 9.17) is 10.5 Å². The highest BCUT2D eigenvalue weighted by Crippen LogP contribution is 2.26. The Morgan fingerprint density at radius 1 is 1.12 bits per heavy atom. The van der Waals surface area contributed by atoms with Gasteiger partial charge < -0.3 is 15.4 Å². The molecular weight excluding hydrogens is 306 g/mol. The van der Waals surface area contributed by atoms with E-state index in [9.17, 15) is 9.59 Å². The van der Waals surface area contributed by atoms with Gasteiger partial charge in [0.05, 0.1) is 12.5 Å². The molecule has 6 heteroatoms. The fraction of sp³-hybridized carbons (Fsp3) is 0.278. The number of benzene rings is 1. The molecule has 0 radical (unpaired) electrons. The molecule has 1 aromatic carbocycles. The number of likely N-dealkylation sites (tertiary alicyclic amines) is 1. The van der Waals surface area contributed by atoms with Gasteiger partial charge in [-0.05, 0) is 24.3 Å². The third-order valence-corrected chi connectivity index (χ3v) is 4.23. The van der Waals surface area contributed by atoms with Gasteiger partial charge in [-0.1, -0.05) is 18.2 Å². The maximum absolute atomic E-state index is 12.6. The molecule has 1 fully saturated rings. The van der Waals surface area contributed by atoms with Crippen LogP contribution in [0.3, 0.4) is 0 Å². The molecule has 0 unspecified atom stereocenters. The summed E-state index contributed by atoms with van der Waals surface area (Å²) >= 11 is 0. The fourth-order valence-corrected chi connectivity index (χ4v) is 2.93. The molecule has 24 heavy (non-hydrogen) atoms. The zero-order valence-corrected chi connectivity index (χ0v) is 13.2. The van der Waals surface area contributed by atoms with Gasteiger partial charge in [-0.2, -0.15) is 0 Å². The van der Waals surface area contributed by atoms with Gasteiger partial charge in [-0.25, -0.2) is 0 Å². The molecule has 1 aromatic heterocycles. The van der Waals surface area contributed by atoms with Crippen molar-refractivity contribution in [3.05, 3.63) is 60.4 Å². The van der Waals surface area contributed by atoms with Gasteiger partial charge in [0, 0.05) is 37.0 Å². The summed E-state index contributed by atoms with van der Waals surface area (Å²) < 4.78 is 5.72. The van der Waals surface area contributed by atoms with Crippen molar-refractivity contribution in [1.82, 2.24) is 9.88 Å². The maximum atomic E-state index is 12.6. The molecule has 6 nitrogen and oxygen atoms in total. The second kappa shape index (κ2) is 7.12. The van der Waals surface area contributed by atoms with Crippen LogP contribution in [0.5, 0.6) is 5.75 Å². The van der Waals surface area contributed by atoms with E-state index in [1.165, 1.54) is 0 Å². The van der Waals surface area contributed by atoms with Gasteiger partial charge >= 0.3 is 0 Å². The van der Waals surface area contributed by atoms with Crippen molar-refractivity contribution in [2.75, 3.05) is 19.7 Å². The topological polar surface area (TPSA) is 85.5 Å². The van der Waals surface area contributed by atoms with E-state index in [0.29, 0.717) is 31.0 Å². The van der Waals surface area contributed by atoms with E-state index in [2.05, 4.69) is 4.98 Å².